The highest BCUT2D eigenvalue weighted by molar-refractivity contribution is 5.41. The van der Waals surface area contributed by atoms with E-state index in [-0.39, 0.29) is 5.92 Å². The van der Waals surface area contributed by atoms with Crippen LogP contribution in [0.15, 0.2) is 48.5 Å². The fraction of sp³-hybridized carbons (Fsp3) is 0.368. The first-order valence-corrected chi connectivity index (χ1v) is 7.44. The molecule has 0 saturated carbocycles. The van der Waals surface area contributed by atoms with Gasteiger partial charge in [-0.25, -0.2) is 0 Å². The van der Waals surface area contributed by atoms with Gasteiger partial charge < -0.3 is 5.11 Å². The molecule has 2 aromatic rings. The second-order valence-electron chi connectivity index (χ2n) is 5.95. The summed E-state index contributed by atoms with van der Waals surface area (Å²) in [7, 11) is 0. The second-order valence-corrected chi connectivity index (χ2v) is 5.95. The highest BCUT2D eigenvalue weighted by Crippen LogP contribution is 2.30. The largest absolute Gasteiger partial charge is 0.508 e. The zero-order valence-electron chi connectivity index (χ0n) is 12.6. The van der Waals surface area contributed by atoms with Gasteiger partial charge in [0.25, 0.3) is 0 Å². The maximum atomic E-state index is 9.94. The lowest BCUT2D eigenvalue weighted by atomic mass is 9.91. The van der Waals surface area contributed by atoms with Crippen LogP contribution in [0.3, 0.4) is 0 Å². The van der Waals surface area contributed by atoms with E-state index in [4.69, 9.17) is 0 Å². The summed E-state index contributed by atoms with van der Waals surface area (Å²) in [5.74, 6) is 1.34. The van der Waals surface area contributed by atoms with Gasteiger partial charge in [-0.2, -0.15) is 0 Å². The van der Waals surface area contributed by atoms with Gasteiger partial charge in [-0.3, -0.25) is 0 Å². The van der Waals surface area contributed by atoms with Crippen LogP contribution in [0.5, 0.6) is 5.75 Å². The van der Waals surface area contributed by atoms with Crippen molar-refractivity contribution in [3.8, 4) is 5.75 Å². The molecule has 20 heavy (non-hydrogen) atoms. The molecule has 0 fully saturated rings. The second kappa shape index (κ2) is 6.60. The first kappa shape index (κ1) is 14.6. The molecule has 1 heteroatoms. The van der Waals surface area contributed by atoms with Crippen LogP contribution in [-0.4, -0.2) is 5.11 Å². The van der Waals surface area contributed by atoms with Gasteiger partial charge in [-0.15, -0.1) is 0 Å². The molecule has 0 saturated heterocycles. The van der Waals surface area contributed by atoms with Crippen molar-refractivity contribution >= 4 is 0 Å². The Labute approximate surface area is 122 Å². The Morgan fingerprint density at radius 3 is 2.15 bits per heavy atom. The van der Waals surface area contributed by atoms with Crippen molar-refractivity contribution in [1.29, 1.82) is 0 Å². The van der Waals surface area contributed by atoms with Gasteiger partial charge in [0.15, 0.2) is 0 Å². The molecule has 0 heterocycles. The Kier molecular flexibility index (Phi) is 4.84. The van der Waals surface area contributed by atoms with Crippen molar-refractivity contribution in [2.45, 2.75) is 39.5 Å². The van der Waals surface area contributed by atoms with Crippen molar-refractivity contribution in [1.82, 2.24) is 0 Å². The van der Waals surface area contributed by atoms with Gasteiger partial charge in [-0.1, -0.05) is 63.2 Å². The molecule has 1 unspecified atom stereocenters. The molecule has 2 rings (SSSR count). The van der Waals surface area contributed by atoms with Crippen molar-refractivity contribution in [3.63, 3.8) is 0 Å². The summed E-state index contributed by atoms with van der Waals surface area (Å²) in [5.41, 5.74) is 3.63. The Morgan fingerprint density at radius 1 is 0.900 bits per heavy atom. The Balaban J connectivity index is 2.12. The maximum absolute atomic E-state index is 9.94. The summed E-state index contributed by atoms with van der Waals surface area (Å²) in [6.07, 6.45) is 2.37. The van der Waals surface area contributed by atoms with Crippen molar-refractivity contribution in [2.75, 3.05) is 0 Å². The minimum absolute atomic E-state index is 0.218. The number of hydrogen-bond acceptors (Lipinski definition) is 1. The van der Waals surface area contributed by atoms with E-state index in [1.165, 1.54) is 17.5 Å². The van der Waals surface area contributed by atoms with Gasteiger partial charge in [0, 0.05) is 11.5 Å². The average Bonchev–Trinajstić information content (AvgIpc) is 2.45. The first-order chi connectivity index (χ1) is 9.58. The van der Waals surface area contributed by atoms with Gasteiger partial charge >= 0.3 is 0 Å². The number of rotatable bonds is 5. The maximum Gasteiger partial charge on any atom is 0.119 e. The quantitative estimate of drug-likeness (QED) is 0.796. The van der Waals surface area contributed by atoms with Crippen LogP contribution in [0.4, 0.5) is 0 Å². The monoisotopic (exact) mass is 268 g/mol. The fourth-order valence-electron chi connectivity index (χ4n) is 2.46. The predicted octanol–water partition coefficient (Wildman–Crippen LogP) is 5.13. The zero-order chi connectivity index (χ0) is 14.5. The molecule has 0 aliphatic rings. The molecule has 0 spiro atoms. The SMILES string of the molecule is CC(C)CCc1ccc(C(C)c2ccccc2O)cc1. The molecular formula is C19H24O. The lowest BCUT2D eigenvalue weighted by Crippen LogP contribution is -1.97. The lowest BCUT2D eigenvalue weighted by Gasteiger charge is -2.14. The number of para-hydroxylation sites is 1. The normalized spacial score (nSPS) is 12.6. The molecule has 1 N–H and O–H groups in total. The summed E-state index contributed by atoms with van der Waals surface area (Å²) >= 11 is 0. The smallest absolute Gasteiger partial charge is 0.119 e. The van der Waals surface area contributed by atoms with Crippen LogP contribution < -0.4 is 0 Å². The highest BCUT2D eigenvalue weighted by Gasteiger charge is 2.11. The molecule has 0 aromatic heterocycles. The van der Waals surface area contributed by atoms with Crippen LogP contribution in [0.2, 0.25) is 0 Å². The number of phenolic OH excluding ortho intramolecular Hbond substituents is 1. The van der Waals surface area contributed by atoms with E-state index in [0.717, 1.165) is 17.9 Å². The third kappa shape index (κ3) is 3.63. The van der Waals surface area contributed by atoms with Gasteiger partial charge in [0.2, 0.25) is 0 Å². The lowest BCUT2D eigenvalue weighted by molar-refractivity contribution is 0.466. The zero-order valence-corrected chi connectivity index (χ0v) is 12.6. The number of benzene rings is 2. The van der Waals surface area contributed by atoms with E-state index < -0.39 is 0 Å². The van der Waals surface area contributed by atoms with E-state index >= 15 is 0 Å². The molecule has 106 valence electrons. The van der Waals surface area contributed by atoms with Gasteiger partial charge in [0.1, 0.15) is 5.75 Å². The molecule has 2 aromatic carbocycles. The summed E-state index contributed by atoms with van der Waals surface area (Å²) in [6.45, 7) is 6.65. The number of hydrogen-bond donors (Lipinski definition) is 1. The van der Waals surface area contributed by atoms with Gasteiger partial charge in [0.05, 0.1) is 0 Å². The number of phenols is 1. The predicted molar refractivity (Wildman–Crippen MR) is 85.2 cm³/mol. The number of aromatic hydroxyl groups is 1. The average molecular weight is 268 g/mol. The van der Waals surface area contributed by atoms with E-state index in [1.54, 1.807) is 6.07 Å². The van der Waals surface area contributed by atoms with Gasteiger partial charge in [-0.05, 0) is 36.0 Å². The van der Waals surface area contributed by atoms with Crippen LogP contribution in [0.25, 0.3) is 0 Å². The first-order valence-electron chi connectivity index (χ1n) is 7.44. The number of aryl methyl sites for hydroxylation is 1. The van der Waals surface area contributed by atoms with Crippen molar-refractivity contribution < 1.29 is 5.11 Å². The molecular weight excluding hydrogens is 244 g/mol. The third-order valence-electron chi connectivity index (χ3n) is 3.89. The Morgan fingerprint density at radius 2 is 1.55 bits per heavy atom. The molecule has 0 bridgehead atoms. The highest BCUT2D eigenvalue weighted by atomic mass is 16.3. The van der Waals surface area contributed by atoms with Crippen LogP contribution in [-0.2, 0) is 6.42 Å². The molecule has 0 aliphatic heterocycles. The minimum atomic E-state index is 0.218. The molecule has 1 atom stereocenters. The topological polar surface area (TPSA) is 20.2 Å². The van der Waals surface area contributed by atoms with Crippen LogP contribution in [0, 0.1) is 5.92 Å². The van der Waals surface area contributed by atoms with E-state index in [1.807, 2.05) is 18.2 Å². The van der Waals surface area contributed by atoms with E-state index in [2.05, 4.69) is 45.0 Å². The fourth-order valence-corrected chi connectivity index (χ4v) is 2.46. The standard InChI is InChI=1S/C19H24O/c1-14(2)8-9-16-10-12-17(13-11-16)15(3)18-6-4-5-7-19(18)20/h4-7,10-15,20H,8-9H2,1-3H3. The van der Waals surface area contributed by atoms with Crippen LogP contribution >= 0.6 is 0 Å². The molecule has 0 radical (unpaired) electrons. The molecule has 1 nitrogen and oxygen atoms in total. The third-order valence-corrected chi connectivity index (χ3v) is 3.89. The van der Waals surface area contributed by atoms with Crippen LogP contribution in [0.1, 0.15) is 49.8 Å². The summed E-state index contributed by atoms with van der Waals surface area (Å²) in [4.78, 5) is 0. The van der Waals surface area contributed by atoms with Crippen molar-refractivity contribution in [3.05, 3.63) is 65.2 Å². The van der Waals surface area contributed by atoms with Crippen molar-refractivity contribution in [2.24, 2.45) is 5.92 Å². The minimum Gasteiger partial charge on any atom is -0.508 e. The summed E-state index contributed by atoms with van der Waals surface area (Å²) < 4.78 is 0. The Bertz CT molecular complexity index is 540. The van der Waals surface area contributed by atoms with E-state index in [0.29, 0.717) is 5.75 Å². The molecule has 0 aliphatic carbocycles. The Hall–Kier alpha value is -1.76. The molecule has 0 amide bonds. The summed E-state index contributed by atoms with van der Waals surface area (Å²) in [5, 5.41) is 9.94. The van der Waals surface area contributed by atoms with E-state index in [9.17, 15) is 5.11 Å². The summed E-state index contributed by atoms with van der Waals surface area (Å²) in [6, 6.07) is 16.4.